The van der Waals surface area contributed by atoms with Crippen LogP contribution in [-0.2, 0) is 9.47 Å². The minimum absolute atomic E-state index is 0.0426. The summed E-state index contributed by atoms with van der Waals surface area (Å²) < 4.78 is 41.5. The van der Waals surface area contributed by atoms with Crippen LogP contribution < -0.4 is 4.74 Å². The van der Waals surface area contributed by atoms with Gasteiger partial charge >= 0.3 is 0 Å². The van der Waals surface area contributed by atoms with Crippen LogP contribution >= 0.6 is 0 Å². The Morgan fingerprint density at radius 3 is 2.45 bits per heavy atom. The summed E-state index contributed by atoms with van der Waals surface area (Å²) in [6.45, 7) is 0.300. The van der Waals surface area contributed by atoms with E-state index in [0.717, 1.165) is 12.1 Å². The van der Waals surface area contributed by atoms with E-state index in [1.165, 1.54) is 7.11 Å². The summed E-state index contributed by atoms with van der Waals surface area (Å²) in [6.07, 6.45) is -0.703. The summed E-state index contributed by atoms with van der Waals surface area (Å²) in [5, 5.41) is 9.50. The molecule has 0 saturated carbocycles. The molecule has 20 heavy (non-hydrogen) atoms. The van der Waals surface area contributed by atoms with Crippen molar-refractivity contribution < 1.29 is 32.9 Å². The fourth-order valence-corrected chi connectivity index (χ4v) is 1.37. The molecule has 1 atom stereocenters. The molecule has 7 heteroatoms. The van der Waals surface area contributed by atoms with Gasteiger partial charge in [0.15, 0.2) is 17.4 Å². The number of rotatable bonds is 9. The lowest BCUT2D eigenvalue weighted by Gasteiger charge is -2.13. The molecule has 1 N–H and O–H groups in total. The van der Waals surface area contributed by atoms with Gasteiger partial charge in [-0.3, -0.25) is 4.79 Å². The highest BCUT2D eigenvalue weighted by molar-refractivity contribution is 5.75. The first kappa shape index (κ1) is 16.5. The summed E-state index contributed by atoms with van der Waals surface area (Å²) in [7, 11) is 1.51. The molecule has 0 spiro atoms. The molecule has 0 radical (unpaired) electrons. The zero-order chi connectivity index (χ0) is 15.0. The maximum absolute atomic E-state index is 13.4. The van der Waals surface area contributed by atoms with Gasteiger partial charge in [-0.15, -0.1) is 0 Å². The van der Waals surface area contributed by atoms with Gasteiger partial charge in [-0.2, -0.15) is 0 Å². The van der Waals surface area contributed by atoms with E-state index in [0.29, 0.717) is 19.5 Å². The molecule has 0 amide bonds. The Balaban J connectivity index is 2.47. The molecule has 0 heterocycles. The van der Waals surface area contributed by atoms with Crippen LogP contribution in [0.25, 0.3) is 0 Å². The fraction of sp³-hybridized carbons (Fsp3) is 0.462. The Morgan fingerprint density at radius 1 is 1.25 bits per heavy atom. The third-order valence-electron chi connectivity index (χ3n) is 2.32. The molecule has 0 aromatic heterocycles. The SMILES string of the molecule is COCCOCC(O)COc1c(F)cc(C=O)cc1F. The van der Waals surface area contributed by atoms with Crippen molar-refractivity contribution in [2.45, 2.75) is 6.10 Å². The van der Waals surface area contributed by atoms with E-state index >= 15 is 0 Å². The van der Waals surface area contributed by atoms with Gasteiger partial charge in [0.1, 0.15) is 19.0 Å². The molecule has 0 bridgehead atoms. The molecule has 0 aliphatic rings. The predicted molar refractivity (Wildman–Crippen MR) is 65.9 cm³/mol. The summed E-state index contributed by atoms with van der Waals surface area (Å²) in [4.78, 5) is 10.4. The largest absolute Gasteiger partial charge is 0.485 e. The Morgan fingerprint density at radius 2 is 1.90 bits per heavy atom. The molecule has 1 rings (SSSR count). The van der Waals surface area contributed by atoms with Crippen molar-refractivity contribution in [1.82, 2.24) is 0 Å². The standard InChI is InChI=1S/C13H16F2O5/c1-18-2-3-19-7-10(17)8-20-13-11(14)4-9(6-16)5-12(13)15/h4-6,10,17H,2-3,7-8H2,1H3. The number of aliphatic hydroxyl groups excluding tert-OH is 1. The average Bonchev–Trinajstić information content (AvgIpc) is 2.42. The first-order valence-corrected chi connectivity index (χ1v) is 5.90. The number of carbonyl (C=O) groups is 1. The maximum Gasteiger partial charge on any atom is 0.190 e. The van der Waals surface area contributed by atoms with Crippen LogP contribution in [0, 0.1) is 11.6 Å². The van der Waals surface area contributed by atoms with Crippen molar-refractivity contribution in [2.24, 2.45) is 0 Å². The van der Waals surface area contributed by atoms with E-state index in [1.807, 2.05) is 0 Å². The van der Waals surface area contributed by atoms with Crippen LogP contribution in [0.1, 0.15) is 10.4 Å². The van der Waals surface area contributed by atoms with Gasteiger partial charge < -0.3 is 19.3 Å². The van der Waals surface area contributed by atoms with Gasteiger partial charge in [0.2, 0.25) is 0 Å². The Labute approximate surface area is 115 Å². The summed E-state index contributed by atoms with van der Waals surface area (Å²) in [5.74, 6) is -2.63. The molecule has 112 valence electrons. The van der Waals surface area contributed by atoms with Gasteiger partial charge in [-0.1, -0.05) is 0 Å². The number of aldehydes is 1. The minimum Gasteiger partial charge on any atom is -0.485 e. The van der Waals surface area contributed by atoms with E-state index in [-0.39, 0.29) is 18.8 Å². The number of hydrogen-bond donors (Lipinski definition) is 1. The third-order valence-corrected chi connectivity index (χ3v) is 2.32. The van der Waals surface area contributed by atoms with Crippen LogP contribution in [0.15, 0.2) is 12.1 Å². The topological polar surface area (TPSA) is 65.0 Å². The van der Waals surface area contributed by atoms with Crippen molar-refractivity contribution >= 4 is 6.29 Å². The first-order valence-electron chi connectivity index (χ1n) is 5.90. The minimum atomic E-state index is -1.03. The zero-order valence-corrected chi connectivity index (χ0v) is 11.0. The number of methoxy groups -OCH3 is 1. The quantitative estimate of drug-likeness (QED) is 0.546. The highest BCUT2D eigenvalue weighted by Crippen LogP contribution is 2.22. The van der Waals surface area contributed by atoms with E-state index in [2.05, 4.69) is 0 Å². The number of carbonyl (C=O) groups excluding carboxylic acids is 1. The van der Waals surface area contributed by atoms with Crippen LogP contribution in [0.2, 0.25) is 0 Å². The van der Waals surface area contributed by atoms with Gasteiger partial charge in [0, 0.05) is 12.7 Å². The Kier molecular flexibility index (Phi) is 7.06. The molecule has 5 nitrogen and oxygen atoms in total. The molecule has 1 aromatic rings. The number of aliphatic hydroxyl groups is 1. The number of ether oxygens (including phenoxy) is 3. The number of hydrogen-bond acceptors (Lipinski definition) is 5. The summed E-state index contributed by atoms with van der Waals surface area (Å²) >= 11 is 0. The third kappa shape index (κ3) is 5.20. The van der Waals surface area contributed by atoms with E-state index in [1.54, 1.807) is 0 Å². The highest BCUT2D eigenvalue weighted by atomic mass is 19.1. The molecule has 1 unspecified atom stereocenters. The zero-order valence-electron chi connectivity index (χ0n) is 11.0. The Bertz CT molecular complexity index is 416. The van der Waals surface area contributed by atoms with Crippen LogP contribution in [-0.4, -0.2) is 51.0 Å². The average molecular weight is 290 g/mol. The molecule has 0 aliphatic carbocycles. The molecule has 0 saturated heterocycles. The molecule has 0 aliphatic heterocycles. The summed E-state index contributed by atoms with van der Waals surface area (Å²) in [6, 6.07) is 1.71. The Hall–Kier alpha value is -1.57. The van der Waals surface area contributed by atoms with Crippen molar-refractivity contribution in [3.05, 3.63) is 29.3 Å². The second-order valence-corrected chi connectivity index (χ2v) is 3.96. The first-order chi connectivity index (χ1) is 9.58. The van der Waals surface area contributed by atoms with Gasteiger partial charge in [-0.05, 0) is 12.1 Å². The molecular formula is C13H16F2O5. The van der Waals surface area contributed by atoms with Crippen molar-refractivity contribution in [1.29, 1.82) is 0 Å². The second-order valence-electron chi connectivity index (χ2n) is 3.96. The lowest BCUT2D eigenvalue weighted by atomic mass is 10.2. The second kappa shape index (κ2) is 8.57. The lowest BCUT2D eigenvalue weighted by molar-refractivity contribution is -0.00523. The summed E-state index contributed by atoms with van der Waals surface area (Å²) in [5.41, 5.74) is -0.129. The normalized spacial score (nSPS) is 12.2. The van der Waals surface area contributed by atoms with Crippen LogP contribution in [0.4, 0.5) is 8.78 Å². The van der Waals surface area contributed by atoms with Crippen molar-refractivity contribution in [3.8, 4) is 5.75 Å². The maximum atomic E-state index is 13.4. The van der Waals surface area contributed by atoms with Crippen LogP contribution in [0.5, 0.6) is 5.75 Å². The number of benzene rings is 1. The molecule has 1 aromatic carbocycles. The number of halogens is 2. The predicted octanol–water partition coefficient (Wildman–Crippen LogP) is 1.18. The molecule has 0 fully saturated rings. The van der Waals surface area contributed by atoms with Crippen molar-refractivity contribution in [2.75, 3.05) is 33.5 Å². The van der Waals surface area contributed by atoms with E-state index < -0.39 is 23.5 Å². The highest BCUT2D eigenvalue weighted by Gasteiger charge is 2.14. The fourth-order valence-electron chi connectivity index (χ4n) is 1.37. The van der Waals surface area contributed by atoms with Crippen LogP contribution in [0.3, 0.4) is 0 Å². The van der Waals surface area contributed by atoms with Gasteiger partial charge in [0.05, 0.1) is 19.8 Å². The van der Waals surface area contributed by atoms with E-state index in [9.17, 15) is 18.7 Å². The smallest absolute Gasteiger partial charge is 0.190 e. The van der Waals surface area contributed by atoms with Crippen molar-refractivity contribution in [3.63, 3.8) is 0 Å². The monoisotopic (exact) mass is 290 g/mol. The van der Waals surface area contributed by atoms with Gasteiger partial charge in [0.25, 0.3) is 0 Å². The van der Waals surface area contributed by atoms with Gasteiger partial charge in [-0.25, -0.2) is 8.78 Å². The van der Waals surface area contributed by atoms with E-state index in [4.69, 9.17) is 14.2 Å². The lowest BCUT2D eigenvalue weighted by Crippen LogP contribution is -2.24. The molecular weight excluding hydrogens is 274 g/mol.